The average Bonchev–Trinajstić information content (AvgIpc) is 2.41. The third-order valence-corrected chi connectivity index (χ3v) is 2.74. The van der Waals surface area contributed by atoms with Gasteiger partial charge in [0.1, 0.15) is 11.6 Å². The van der Waals surface area contributed by atoms with E-state index in [1.165, 1.54) is 25.4 Å². The van der Waals surface area contributed by atoms with Crippen molar-refractivity contribution in [1.82, 2.24) is 4.98 Å². The minimum absolute atomic E-state index is 0.165. The number of rotatable bonds is 4. The van der Waals surface area contributed by atoms with Crippen molar-refractivity contribution in [2.24, 2.45) is 0 Å². The minimum Gasteiger partial charge on any atom is -0.495 e. The lowest BCUT2D eigenvalue weighted by Crippen LogP contribution is -2.00. The van der Waals surface area contributed by atoms with E-state index >= 15 is 0 Å². The molecule has 0 atom stereocenters. The summed E-state index contributed by atoms with van der Waals surface area (Å²) < 4.78 is 5.10. The number of hydrogen-bond acceptors (Lipinski definition) is 4. The molecule has 98 valence electrons. The maximum Gasteiger partial charge on any atom is 0.335 e. The van der Waals surface area contributed by atoms with E-state index in [9.17, 15) is 4.79 Å². The molecule has 0 aliphatic carbocycles. The quantitative estimate of drug-likeness (QED) is 0.899. The van der Waals surface area contributed by atoms with Crippen LogP contribution in [0.3, 0.4) is 0 Å². The molecular formula is C13H11ClN2O3. The molecule has 0 fully saturated rings. The number of aromatic nitrogens is 1. The van der Waals surface area contributed by atoms with Crippen LogP contribution in [0.4, 0.5) is 11.5 Å². The van der Waals surface area contributed by atoms with Crippen molar-refractivity contribution in [1.29, 1.82) is 0 Å². The van der Waals surface area contributed by atoms with Crippen molar-refractivity contribution in [2.75, 3.05) is 12.4 Å². The molecule has 0 bridgehead atoms. The fraction of sp³-hybridized carbons (Fsp3) is 0.0769. The average molecular weight is 279 g/mol. The van der Waals surface area contributed by atoms with Gasteiger partial charge in [-0.15, -0.1) is 0 Å². The largest absolute Gasteiger partial charge is 0.495 e. The van der Waals surface area contributed by atoms with Gasteiger partial charge in [-0.1, -0.05) is 11.6 Å². The second-order valence-electron chi connectivity index (χ2n) is 3.71. The monoisotopic (exact) mass is 278 g/mol. The van der Waals surface area contributed by atoms with Crippen LogP contribution in [0.15, 0.2) is 36.5 Å². The number of carboxylic acid groups (broad SMARTS) is 1. The molecule has 0 spiro atoms. The Labute approximate surface area is 114 Å². The van der Waals surface area contributed by atoms with E-state index < -0.39 is 5.97 Å². The molecule has 0 saturated carbocycles. The van der Waals surface area contributed by atoms with Gasteiger partial charge < -0.3 is 15.2 Å². The highest BCUT2D eigenvalue weighted by Gasteiger charge is 2.06. The van der Waals surface area contributed by atoms with Crippen LogP contribution in [0, 0.1) is 0 Å². The summed E-state index contributed by atoms with van der Waals surface area (Å²) in [5.74, 6) is -0.0375. The van der Waals surface area contributed by atoms with E-state index in [0.29, 0.717) is 22.3 Å². The summed E-state index contributed by atoms with van der Waals surface area (Å²) in [4.78, 5) is 14.9. The molecule has 6 heteroatoms. The van der Waals surface area contributed by atoms with E-state index in [2.05, 4.69) is 10.3 Å². The van der Waals surface area contributed by atoms with Gasteiger partial charge in [0.2, 0.25) is 0 Å². The number of anilines is 2. The normalized spacial score (nSPS) is 10.0. The predicted octanol–water partition coefficient (Wildman–Crippen LogP) is 3.19. The van der Waals surface area contributed by atoms with Crippen molar-refractivity contribution in [3.05, 3.63) is 47.1 Å². The van der Waals surface area contributed by atoms with E-state index in [0.717, 1.165) is 0 Å². The van der Waals surface area contributed by atoms with E-state index in [-0.39, 0.29) is 5.56 Å². The predicted molar refractivity (Wildman–Crippen MR) is 72.5 cm³/mol. The lowest BCUT2D eigenvalue weighted by Gasteiger charge is -2.09. The number of carboxylic acids is 1. The fourth-order valence-electron chi connectivity index (χ4n) is 1.52. The third-order valence-electron chi connectivity index (χ3n) is 2.43. The lowest BCUT2D eigenvalue weighted by molar-refractivity contribution is 0.0697. The van der Waals surface area contributed by atoms with Crippen LogP contribution in [0.1, 0.15) is 10.4 Å². The summed E-state index contributed by atoms with van der Waals surface area (Å²) in [6, 6.07) is 8.01. The van der Waals surface area contributed by atoms with Crippen LogP contribution in [0.2, 0.25) is 5.02 Å². The number of hydrogen-bond donors (Lipinski definition) is 2. The van der Waals surface area contributed by atoms with Gasteiger partial charge in [-0.2, -0.15) is 0 Å². The number of nitrogens with one attached hydrogen (secondary N) is 1. The Kier molecular flexibility index (Phi) is 3.87. The Balaban J connectivity index is 2.26. The molecule has 2 N–H and O–H groups in total. The van der Waals surface area contributed by atoms with E-state index in [1.807, 2.05) is 0 Å². The van der Waals surface area contributed by atoms with Crippen LogP contribution in [-0.4, -0.2) is 23.2 Å². The van der Waals surface area contributed by atoms with E-state index in [1.54, 1.807) is 18.2 Å². The Morgan fingerprint density at radius 3 is 2.84 bits per heavy atom. The van der Waals surface area contributed by atoms with Gasteiger partial charge in [-0.25, -0.2) is 9.78 Å². The number of ether oxygens (including phenoxy) is 1. The highest BCUT2D eigenvalue weighted by atomic mass is 35.5. The van der Waals surface area contributed by atoms with Crippen LogP contribution < -0.4 is 10.1 Å². The van der Waals surface area contributed by atoms with Gasteiger partial charge in [0.05, 0.1) is 17.7 Å². The summed E-state index contributed by atoms with van der Waals surface area (Å²) in [5, 5.41) is 12.4. The maximum atomic E-state index is 10.9. The van der Waals surface area contributed by atoms with E-state index in [4.69, 9.17) is 21.4 Å². The zero-order valence-electron chi connectivity index (χ0n) is 10.1. The van der Waals surface area contributed by atoms with Gasteiger partial charge in [0, 0.05) is 18.0 Å². The molecule has 5 nitrogen and oxygen atoms in total. The molecule has 1 heterocycles. The summed E-state index contributed by atoms with van der Waals surface area (Å²) in [7, 11) is 1.52. The van der Waals surface area contributed by atoms with Gasteiger partial charge in [-0.3, -0.25) is 0 Å². The highest BCUT2D eigenvalue weighted by Crippen LogP contribution is 2.28. The zero-order chi connectivity index (χ0) is 13.8. The van der Waals surface area contributed by atoms with Crippen LogP contribution in [-0.2, 0) is 0 Å². The van der Waals surface area contributed by atoms with Crippen LogP contribution >= 0.6 is 11.6 Å². The first-order valence-electron chi connectivity index (χ1n) is 5.40. The van der Waals surface area contributed by atoms with Gasteiger partial charge in [0.15, 0.2) is 0 Å². The Morgan fingerprint density at radius 1 is 1.37 bits per heavy atom. The zero-order valence-corrected chi connectivity index (χ0v) is 10.8. The standard InChI is InChI=1S/C13H11ClN2O3/c1-19-11-7-9(2-3-10(11)14)16-12-6-8(13(17)18)4-5-15-12/h2-7H,1H3,(H,15,16)(H,17,18). The molecule has 0 aliphatic rings. The molecule has 0 aliphatic heterocycles. The summed E-state index contributed by atoms with van der Waals surface area (Å²) >= 11 is 5.92. The first-order valence-corrected chi connectivity index (χ1v) is 5.78. The minimum atomic E-state index is -1.00. The van der Waals surface area contributed by atoms with Crippen molar-refractivity contribution in [3.8, 4) is 5.75 Å². The molecule has 2 aromatic rings. The highest BCUT2D eigenvalue weighted by molar-refractivity contribution is 6.32. The molecule has 1 aromatic heterocycles. The smallest absolute Gasteiger partial charge is 0.335 e. The van der Waals surface area contributed by atoms with Crippen molar-refractivity contribution in [3.63, 3.8) is 0 Å². The molecule has 0 unspecified atom stereocenters. The summed E-state index contributed by atoms with van der Waals surface area (Å²) in [6.45, 7) is 0. The number of halogens is 1. The first kappa shape index (κ1) is 13.2. The fourth-order valence-corrected chi connectivity index (χ4v) is 1.71. The number of benzene rings is 1. The molecule has 0 saturated heterocycles. The third kappa shape index (κ3) is 3.14. The maximum absolute atomic E-state index is 10.9. The van der Waals surface area contributed by atoms with Crippen LogP contribution in [0.25, 0.3) is 0 Å². The summed E-state index contributed by atoms with van der Waals surface area (Å²) in [6.07, 6.45) is 1.43. The second-order valence-corrected chi connectivity index (χ2v) is 4.12. The Morgan fingerprint density at radius 2 is 2.16 bits per heavy atom. The second kappa shape index (κ2) is 5.58. The van der Waals surface area contributed by atoms with Gasteiger partial charge >= 0.3 is 5.97 Å². The number of carbonyl (C=O) groups is 1. The lowest BCUT2D eigenvalue weighted by atomic mass is 10.2. The SMILES string of the molecule is COc1cc(Nc2cc(C(=O)O)ccn2)ccc1Cl. The molecular weight excluding hydrogens is 268 g/mol. The van der Waals surface area contributed by atoms with Crippen molar-refractivity contribution < 1.29 is 14.6 Å². The molecule has 2 rings (SSSR count). The van der Waals surface area contributed by atoms with Gasteiger partial charge in [-0.05, 0) is 24.3 Å². The van der Waals surface area contributed by atoms with Crippen molar-refractivity contribution in [2.45, 2.75) is 0 Å². The first-order chi connectivity index (χ1) is 9.10. The van der Waals surface area contributed by atoms with Crippen LogP contribution in [0.5, 0.6) is 5.75 Å². The molecule has 0 amide bonds. The number of pyridine rings is 1. The topological polar surface area (TPSA) is 71.5 Å². The molecule has 0 radical (unpaired) electrons. The Bertz CT molecular complexity index is 617. The number of nitrogens with zero attached hydrogens (tertiary/aromatic N) is 1. The van der Waals surface area contributed by atoms with Crippen molar-refractivity contribution >= 4 is 29.1 Å². The Hall–Kier alpha value is -2.27. The number of methoxy groups -OCH3 is 1. The van der Waals surface area contributed by atoms with Gasteiger partial charge in [0.25, 0.3) is 0 Å². The molecule has 19 heavy (non-hydrogen) atoms. The summed E-state index contributed by atoms with van der Waals surface area (Å²) in [5.41, 5.74) is 0.870. The number of aromatic carboxylic acids is 1. The molecule has 1 aromatic carbocycles.